The van der Waals surface area contributed by atoms with Crippen molar-refractivity contribution in [3.05, 3.63) is 71.3 Å². The van der Waals surface area contributed by atoms with Gasteiger partial charge in [-0.15, -0.1) is 0 Å². The molecule has 3 rings (SSSR count). The minimum atomic E-state index is -0.141. The Morgan fingerprint density at radius 1 is 1.13 bits per heavy atom. The largest absolute Gasteiger partial charge is 0.467 e. The fourth-order valence-corrected chi connectivity index (χ4v) is 2.84. The predicted molar refractivity (Wildman–Crippen MR) is 111 cm³/mol. The molecule has 0 aliphatic heterocycles. The van der Waals surface area contributed by atoms with Crippen LogP contribution in [0.2, 0.25) is 0 Å². The van der Waals surface area contributed by atoms with Crippen molar-refractivity contribution in [2.24, 2.45) is 0 Å². The average Bonchev–Trinajstić information content (AvgIpc) is 3.39. The second-order valence-electron chi connectivity index (χ2n) is 8.28. The summed E-state index contributed by atoms with van der Waals surface area (Å²) in [5.74, 6) is 2.07. The number of furan rings is 1. The molecular weight excluding hydrogens is 382 g/mol. The summed E-state index contributed by atoms with van der Waals surface area (Å²) in [4.78, 5) is 16.5. The number of aromatic nitrogens is 2. The minimum Gasteiger partial charge on any atom is -0.467 e. The predicted octanol–water partition coefficient (Wildman–Crippen LogP) is 4.32. The Bertz CT molecular complexity index is 926. The SMILES string of the molecule is CC(C)(C)c1noc(CCCC(=O)NCc2cccc(COCc3ccco3)c2)n1. The van der Waals surface area contributed by atoms with Crippen LogP contribution in [-0.4, -0.2) is 16.0 Å². The average molecular weight is 412 g/mol. The van der Waals surface area contributed by atoms with E-state index in [1.54, 1.807) is 6.26 Å². The van der Waals surface area contributed by atoms with Gasteiger partial charge in [0.05, 0.1) is 12.9 Å². The Balaban J connectivity index is 1.36. The van der Waals surface area contributed by atoms with E-state index in [0.717, 1.165) is 16.9 Å². The summed E-state index contributed by atoms with van der Waals surface area (Å²) in [6.45, 7) is 7.52. The van der Waals surface area contributed by atoms with E-state index in [0.29, 0.717) is 50.7 Å². The Hall–Kier alpha value is -2.93. The molecule has 160 valence electrons. The molecule has 3 aromatic rings. The first-order valence-corrected chi connectivity index (χ1v) is 10.2. The van der Waals surface area contributed by atoms with Crippen molar-refractivity contribution in [3.8, 4) is 0 Å². The maximum absolute atomic E-state index is 12.1. The van der Waals surface area contributed by atoms with Crippen LogP contribution in [0, 0.1) is 0 Å². The number of carbonyl (C=O) groups excluding carboxylic acids is 1. The van der Waals surface area contributed by atoms with Crippen molar-refractivity contribution >= 4 is 5.91 Å². The van der Waals surface area contributed by atoms with Gasteiger partial charge < -0.3 is 19.0 Å². The first kappa shape index (κ1) is 21.8. The molecule has 2 heterocycles. The highest BCUT2D eigenvalue weighted by Gasteiger charge is 2.20. The van der Waals surface area contributed by atoms with Gasteiger partial charge >= 0.3 is 0 Å². The van der Waals surface area contributed by atoms with Crippen molar-refractivity contribution in [3.63, 3.8) is 0 Å². The van der Waals surface area contributed by atoms with Gasteiger partial charge in [0.1, 0.15) is 12.4 Å². The zero-order chi connectivity index (χ0) is 21.4. The van der Waals surface area contributed by atoms with Crippen LogP contribution in [0.1, 0.15) is 62.2 Å². The maximum Gasteiger partial charge on any atom is 0.226 e. The van der Waals surface area contributed by atoms with Crippen LogP contribution in [0.25, 0.3) is 0 Å². The Morgan fingerprint density at radius 3 is 2.70 bits per heavy atom. The first-order chi connectivity index (χ1) is 14.4. The van der Waals surface area contributed by atoms with Gasteiger partial charge in [0.25, 0.3) is 0 Å². The molecule has 0 saturated heterocycles. The van der Waals surface area contributed by atoms with Gasteiger partial charge in [0.2, 0.25) is 11.8 Å². The molecule has 1 aromatic carbocycles. The molecule has 0 radical (unpaired) electrons. The molecule has 0 unspecified atom stereocenters. The van der Waals surface area contributed by atoms with Gasteiger partial charge in [-0.05, 0) is 29.7 Å². The third-order valence-corrected chi connectivity index (χ3v) is 4.51. The number of carbonyl (C=O) groups is 1. The standard InChI is InChI=1S/C23H29N3O4/c1-23(2,3)22-25-21(30-26-22)11-5-10-20(27)24-14-17-7-4-8-18(13-17)15-28-16-19-9-6-12-29-19/h4,6-9,12-13H,5,10-11,14-16H2,1-3H3,(H,24,27). The topological polar surface area (TPSA) is 90.4 Å². The number of nitrogens with one attached hydrogen (secondary N) is 1. The fraction of sp³-hybridized carbons (Fsp3) is 0.435. The van der Waals surface area contributed by atoms with Gasteiger partial charge in [-0.2, -0.15) is 4.98 Å². The summed E-state index contributed by atoms with van der Waals surface area (Å²) in [7, 11) is 0. The molecule has 7 heteroatoms. The molecule has 30 heavy (non-hydrogen) atoms. The van der Waals surface area contributed by atoms with Crippen LogP contribution < -0.4 is 5.32 Å². The molecule has 0 aliphatic rings. The molecule has 7 nitrogen and oxygen atoms in total. The number of nitrogens with zero attached hydrogens (tertiary/aromatic N) is 2. The van der Waals surface area contributed by atoms with E-state index >= 15 is 0 Å². The van der Waals surface area contributed by atoms with Gasteiger partial charge in [0.15, 0.2) is 5.82 Å². The highest BCUT2D eigenvalue weighted by molar-refractivity contribution is 5.75. The van der Waals surface area contributed by atoms with Gasteiger partial charge in [-0.3, -0.25) is 4.79 Å². The van der Waals surface area contributed by atoms with E-state index in [1.165, 1.54) is 0 Å². The molecule has 0 atom stereocenters. The summed E-state index contributed by atoms with van der Waals surface area (Å²) >= 11 is 0. The zero-order valence-corrected chi connectivity index (χ0v) is 17.8. The van der Waals surface area contributed by atoms with Crippen LogP contribution in [-0.2, 0) is 41.1 Å². The summed E-state index contributed by atoms with van der Waals surface area (Å²) in [6.07, 6.45) is 3.31. The highest BCUT2D eigenvalue weighted by atomic mass is 16.5. The summed E-state index contributed by atoms with van der Waals surface area (Å²) in [5.41, 5.74) is 1.95. The summed E-state index contributed by atoms with van der Waals surface area (Å²) < 4.78 is 16.2. The third kappa shape index (κ3) is 6.84. The Labute approximate surface area is 176 Å². The summed E-state index contributed by atoms with van der Waals surface area (Å²) in [6, 6.07) is 11.7. The molecular formula is C23H29N3O4. The number of hydrogen-bond acceptors (Lipinski definition) is 6. The Morgan fingerprint density at radius 2 is 1.97 bits per heavy atom. The Kier molecular flexibility index (Phi) is 7.41. The lowest BCUT2D eigenvalue weighted by atomic mass is 9.96. The maximum atomic E-state index is 12.1. The van der Waals surface area contributed by atoms with Crippen LogP contribution in [0.3, 0.4) is 0 Å². The first-order valence-electron chi connectivity index (χ1n) is 10.2. The molecule has 0 fully saturated rings. The second-order valence-corrected chi connectivity index (χ2v) is 8.28. The van der Waals surface area contributed by atoms with Gasteiger partial charge in [-0.25, -0.2) is 0 Å². The molecule has 1 amide bonds. The van der Waals surface area contributed by atoms with E-state index in [-0.39, 0.29) is 11.3 Å². The smallest absolute Gasteiger partial charge is 0.226 e. The molecule has 1 N–H and O–H groups in total. The lowest BCUT2D eigenvalue weighted by Crippen LogP contribution is -2.22. The van der Waals surface area contributed by atoms with Crippen molar-refractivity contribution in [1.29, 1.82) is 0 Å². The van der Waals surface area contributed by atoms with E-state index in [4.69, 9.17) is 13.7 Å². The van der Waals surface area contributed by atoms with Crippen LogP contribution >= 0.6 is 0 Å². The third-order valence-electron chi connectivity index (χ3n) is 4.51. The summed E-state index contributed by atoms with van der Waals surface area (Å²) in [5, 5.41) is 6.96. The fourth-order valence-electron chi connectivity index (χ4n) is 2.84. The molecule has 2 aromatic heterocycles. The normalized spacial score (nSPS) is 11.6. The van der Waals surface area contributed by atoms with Crippen LogP contribution in [0.15, 0.2) is 51.6 Å². The van der Waals surface area contributed by atoms with E-state index in [2.05, 4.69) is 15.5 Å². The van der Waals surface area contributed by atoms with Crippen molar-refractivity contribution < 1.29 is 18.5 Å². The van der Waals surface area contributed by atoms with E-state index in [9.17, 15) is 4.79 Å². The van der Waals surface area contributed by atoms with Crippen molar-refractivity contribution in [2.45, 2.75) is 65.2 Å². The number of benzene rings is 1. The second kappa shape index (κ2) is 10.2. The quantitative estimate of drug-likeness (QED) is 0.534. The number of ether oxygens (including phenoxy) is 1. The monoisotopic (exact) mass is 411 g/mol. The van der Waals surface area contributed by atoms with Crippen molar-refractivity contribution in [1.82, 2.24) is 15.5 Å². The van der Waals surface area contributed by atoms with Crippen LogP contribution in [0.4, 0.5) is 0 Å². The molecule has 0 aliphatic carbocycles. The lowest BCUT2D eigenvalue weighted by molar-refractivity contribution is -0.121. The number of rotatable bonds is 10. The number of amides is 1. The number of aryl methyl sites for hydroxylation is 1. The zero-order valence-electron chi connectivity index (χ0n) is 17.8. The van der Waals surface area contributed by atoms with Gasteiger partial charge in [0, 0.05) is 24.8 Å². The molecule has 0 spiro atoms. The lowest BCUT2D eigenvalue weighted by Gasteiger charge is -2.10. The van der Waals surface area contributed by atoms with Gasteiger partial charge in [-0.1, -0.05) is 50.2 Å². The van der Waals surface area contributed by atoms with Crippen molar-refractivity contribution in [2.75, 3.05) is 0 Å². The van der Waals surface area contributed by atoms with Crippen LogP contribution in [0.5, 0.6) is 0 Å². The molecule has 0 saturated carbocycles. The highest BCUT2D eigenvalue weighted by Crippen LogP contribution is 2.19. The molecule has 0 bridgehead atoms. The number of hydrogen-bond donors (Lipinski definition) is 1. The van der Waals surface area contributed by atoms with E-state index in [1.807, 2.05) is 57.2 Å². The van der Waals surface area contributed by atoms with E-state index < -0.39 is 0 Å². The minimum absolute atomic E-state index is 0.00466.